The van der Waals surface area contributed by atoms with Gasteiger partial charge in [0.05, 0.1) is 43.7 Å². The zero-order chi connectivity index (χ0) is 13.7. The number of nitrogens with zero attached hydrogens (tertiary/aromatic N) is 1. The van der Waals surface area contributed by atoms with Gasteiger partial charge in [0.25, 0.3) is 0 Å². The van der Waals surface area contributed by atoms with Gasteiger partial charge in [-0.3, -0.25) is 4.98 Å². The Morgan fingerprint density at radius 2 is 2.16 bits per heavy atom. The van der Waals surface area contributed by atoms with Crippen LogP contribution < -0.4 is 0 Å². The molecule has 0 bridgehead atoms. The fraction of sp³-hybridized carbons (Fsp3) is 0.286. The Hall–Kier alpha value is -1.98. The predicted octanol–water partition coefficient (Wildman–Crippen LogP) is 1.53. The summed E-state index contributed by atoms with van der Waals surface area (Å²) in [6.07, 6.45) is 0. The number of pyridine rings is 1. The number of methoxy groups -OCH3 is 1. The van der Waals surface area contributed by atoms with Gasteiger partial charge >= 0.3 is 5.97 Å². The van der Waals surface area contributed by atoms with E-state index in [4.69, 9.17) is 9.84 Å². The van der Waals surface area contributed by atoms with Gasteiger partial charge in [0, 0.05) is 5.39 Å². The minimum atomic E-state index is -0.364. The van der Waals surface area contributed by atoms with Gasteiger partial charge in [0.15, 0.2) is 0 Å². The summed E-state index contributed by atoms with van der Waals surface area (Å²) >= 11 is 0. The summed E-state index contributed by atoms with van der Waals surface area (Å²) in [6, 6.07) is 8.91. The van der Waals surface area contributed by atoms with E-state index in [-0.39, 0.29) is 12.6 Å². The maximum absolute atomic E-state index is 11.4. The third-order valence-corrected chi connectivity index (χ3v) is 2.65. The molecule has 0 aliphatic rings. The van der Waals surface area contributed by atoms with E-state index >= 15 is 0 Å². The lowest BCUT2D eigenvalue weighted by atomic mass is 10.1. The molecular weight excluding hydrogens is 246 g/mol. The number of fused-ring (bicyclic) bond motifs is 1. The first-order chi connectivity index (χ1) is 9.24. The van der Waals surface area contributed by atoms with Crippen LogP contribution in [0.2, 0.25) is 0 Å². The molecule has 0 aliphatic heterocycles. The SMILES string of the molecule is COC(=O)c1ccc2nc(COCCO)ccc2c1. The quantitative estimate of drug-likeness (QED) is 0.653. The second kappa shape index (κ2) is 6.26. The Bertz CT molecular complexity index is 583. The van der Waals surface area contributed by atoms with Crippen LogP contribution in [0.25, 0.3) is 10.9 Å². The van der Waals surface area contributed by atoms with Crippen LogP contribution in [0, 0.1) is 0 Å². The summed E-state index contributed by atoms with van der Waals surface area (Å²) in [5.41, 5.74) is 2.07. The largest absolute Gasteiger partial charge is 0.465 e. The average Bonchev–Trinajstić information content (AvgIpc) is 2.46. The number of hydrogen-bond acceptors (Lipinski definition) is 5. The normalized spacial score (nSPS) is 10.6. The van der Waals surface area contributed by atoms with Crippen molar-refractivity contribution in [2.45, 2.75) is 6.61 Å². The van der Waals surface area contributed by atoms with Crippen molar-refractivity contribution >= 4 is 16.9 Å². The number of benzene rings is 1. The molecule has 0 atom stereocenters. The van der Waals surface area contributed by atoms with Crippen LogP contribution in [0.15, 0.2) is 30.3 Å². The fourth-order valence-electron chi connectivity index (χ4n) is 1.73. The Balaban J connectivity index is 2.22. The number of aliphatic hydroxyl groups is 1. The van der Waals surface area contributed by atoms with Gasteiger partial charge in [-0.15, -0.1) is 0 Å². The first-order valence-corrected chi connectivity index (χ1v) is 5.91. The number of aliphatic hydroxyl groups excluding tert-OH is 1. The first kappa shape index (κ1) is 13.5. The highest BCUT2D eigenvalue weighted by molar-refractivity contribution is 5.94. The van der Waals surface area contributed by atoms with Crippen LogP contribution in [0.4, 0.5) is 0 Å². The van der Waals surface area contributed by atoms with Crippen LogP contribution >= 0.6 is 0 Å². The average molecular weight is 261 g/mol. The highest BCUT2D eigenvalue weighted by Crippen LogP contribution is 2.16. The lowest BCUT2D eigenvalue weighted by Crippen LogP contribution is -2.02. The van der Waals surface area contributed by atoms with Crippen molar-refractivity contribution in [2.75, 3.05) is 20.3 Å². The standard InChI is InChI=1S/C14H15NO4/c1-18-14(17)11-3-5-13-10(8-11)2-4-12(15-13)9-19-7-6-16/h2-5,8,16H,6-7,9H2,1H3. The topological polar surface area (TPSA) is 68.7 Å². The van der Waals surface area contributed by atoms with Crippen LogP contribution in [-0.4, -0.2) is 36.4 Å². The highest BCUT2D eigenvalue weighted by atomic mass is 16.5. The van der Waals surface area contributed by atoms with E-state index in [0.29, 0.717) is 18.8 Å². The molecule has 0 aliphatic carbocycles. The second-order valence-corrected chi connectivity index (χ2v) is 3.98. The Labute approximate surface area is 110 Å². The molecular formula is C14H15NO4. The lowest BCUT2D eigenvalue weighted by molar-refractivity contribution is 0.0601. The number of carbonyl (C=O) groups is 1. The smallest absolute Gasteiger partial charge is 0.337 e. The van der Waals surface area contributed by atoms with Gasteiger partial charge in [-0.25, -0.2) is 4.79 Å². The molecule has 2 rings (SSSR count). The van der Waals surface area contributed by atoms with Gasteiger partial charge in [0.2, 0.25) is 0 Å². The summed E-state index contributed by atoms with van der Waals surface area (Å²) < 4.78 is 9.88. The van der Waals surface area contributed by atoms with Gasteiger partial charge in [-0.2, -0.15) is 0 Å². The van der Waals surface area contributed by atoms with Crippen molar-refractivity contribution in [2.24, 2.45) is 0 Å². The maximum Gasteiger partial charge on any atom is 0.337 e. The molecule has 0 unspecified atom stereocenters. The number of rotatable bonds is 5. The summed E-state index contributed by atoms with van der Waals surface area (Å²) in [7, 11) is 1.35. The fourth-order valence-corrected chi connectivity index (χ4v) is 1.73. The predicted molar refractivity (Wildman–Crippen MR) is 69.8 cm³/mol. The molecule has 0 amide bonds. The van der Waals surface area contributed by atoms with Gasteiger partial charge in [-0.05, 0) is 24.3 Å². The van der Waals surface area contributed by atoms with Crippen molar-refractivity contribution < 1.29 is 19.4 Å². The zero-order valence-corrected chi connectivity index (χ0v) is 10.6. The zero-order valence-electron chi connectivity index (χ0n) is 10.6. The number of aromatic nitrogens is 1. The summed E-state index contributed by atoms with van der Waals surface area (Å²) in [6.45, 7) is 0.645. The molecule has 0 spiro atoms. The summed E-state index contributed by atoms with van der Waals surface area (Å²) in [5.74, 6) is -0.364. The molecule has 0 radical (unpaired) electrons. The monoisotopic (exact) mass is 261 g/mol. The summed E-state index contributed by atoms with van der Waals surface area (Å²) in [5, 5.41) is 9.50. The van der Waals surface area contributed by atoms with E-state index in [1.54, 1.807) is 18.2 Å². The molecule has 0 saturated heterocycles. The molecule has 1 N–H and O–H groups in total. The molecule has 2 aromatic rings. The third kappa shape index (κ3) is 3.27. The Kier molecular flexibility index (Phi) is 4.43. The van der Waals surface area contributed by atoms with Gasteiger partial charge < -0.3 is 14.6 Å². The van der Waals surface area contributed by atoms with E-state index < -0.39 is 0 Å². The van der Waals surface area contributed by atoms with Gasteiger partial charge in [0.1, 0.15) is 0 Å². The second-order valence-electron chi connectivity index (χ2n) is 3.98. The van der Waals surface area contributed by atoms with Gasteiger partial charge in [-0.1, -0.05) is 6.07 Å². The molecule has 1 aromatic carbocycles. The minimum absolute atomic E-state index is 0.00390. The Morgan fingerprint density at radius 3 is 2.89 bits per heavy atom. The molecule has 0 fully saturated rings. The van der Waals surface area contributed by atoms with E-state index in [9.17, 15) is 4.79 Å². The lowest BCUT2D eigenvalue weighted by Gasteiger charge is -2.05. The van der Waals surface area contributed by atoms with E-state index in [2.05, 4.69) is 9.72 Å². The Morgan fingerprint density at radius 1 is 1.32 bits per heavy atom. The van der Waals surface area contributed by atoms with E-state index in [1.807, 2.05) is 12.1 Å². The van der Waals surface area contributed by atoms with E-state index in [0.717, 1.165) is 16.6 Å². The third-order valence-electron chi connectivity index (χ3n) is 2.65. The highest BCUT2D eigenvalue weighted by Gasteiger charge is 2.06. The van der Waals surface area contributed by atoms with Crippen LogP contribution in [0.1, 0.15) is 16.1 Å². The number of esters is 1. The van der Waals surface area contributed by atoms with E-state index in [1.165, 1.54) is 7.11 Å². The van der Waals surface area contributed by atoms with Crippen molar-refractivity contribution in [3.63, 3.8) is 0 Å². The first-order valence-electron chi connectivity index (χ1n) is 5.91. The number of carbonyl (C=O) groups excluding carboxylic acids is 1. The molecule has 1 heterocycles. The molecule has 19 heavy (non-hydrogen) atoms. The number of hydrogen-bond donors (Lipinski definition) is 1. The van der Waals surface area contributed by atoms with Crippen LogP contribution in [0.3, 0.4) is 0 Å². The van der Waals surface area contributed by atoms with Crippen molar-refractivity contribution in [3.05, 3.63) is 41.6 Å². The minimum Gasteiger partial charge on any atom is -0.465 e. The molecule has 5 heteroatoms. The van der Waals surface area contributed by atoms with Crippen LogP contribution in [0.5, 0.6) is 0 Å². The molecule has 0 saturated carbocycles. The van der Waals surface area contributed by atoms with Crippen molar-refractivity contribution in [1.29, 1.82) is 0 Å². The summed E-state index contributed by atoms with van der Waals surface area (Å²) in [4.78, 5) is 15.8. The molecule has 100 valence electrons. The van der Waals surface area contributed by atoms with Crippen molar-refractivity contribution in [1.82, 2.24) is 4.98 Å². The van der Waals surface area contributed by atoms with Crippen LogP contribution in [-0.2, 0) is 16.1 Å². The van der Waals surface area contributed by atoms with Crippen molar-refractivity contribution in [3.8, 4) is 0 Å². The molecule has 1 aromatic heterocycles. The maximum atomic E-state index is 11.4. The number of ether oxygens (including phenoxy) is 2. The molecule has 5 nitrogen and oxygen atoms in total.